The van der Waals surface area contributed by atoms with Crippen molar-refractivity contribution in [2.45, 2.75) is 38.6 Å². The van der Waals surface area contributed by atoms with Crippen LogP contribution >= 0.6 is 11.3 Å². The Morgan fingerprint density at radius 2 is 2.32 bits per heavy atom. The lowest BCUT2D eigenvalue weighted by molar-refractivity contribution is 0.591. The van der Waals surface area contributed by atoms with Crippen LogP contribution in [0.15, 0.2) is 24.7 Å². The van der Waals surface area contributed by atoms with E-state index in [1.807, 2.05) is 17.5 Å². The molecule has 2 aromatic rings. The van der Waals surface area contributed by atoms with Crippen molar-refractivity contribution in [2.24, 2.45) is 0 Å². The molecular weight excluding hydrogens is 254 g/mol. The molecule has 0 bridgehead atoms. The number of fused-ring (bicyclic) bond motifs is 1. The molecule has 0 radical (unpaired) electrons. The van der Waals surface area contributed by atoms with Crippen molar-refractivity contribution in [1.29, 1.82) is 0 Å². The first kappa shape index (κ1) is 12.8. The minimum Gasteiger partial charge on any atom is -0.304 e. The largest absolute Gasteiger partial charge is 0.304 e. The van der Waals surface area contributed by atoms with E-state index in [-0.39, 0.29) is 6.04 Å². The van der Waals surface area contributed by atoms with Gasteiger partial charge in [0.05, 0.1) is 17.9 Å². The summed E-state index contributed by atoms with van der Waals surface area (Å²) in [6.45, 7) is 3.19. The smallest absolute Gasteiger partial charge is 0.0860 e. The Kier molecular flexibility index (Phi) is 3.89. The third-order valence-corrected chi connectivity index (χ3v) is 4.83. The average molecular weight is 273 g/mol. The van der Waals surface area contributed by atoms with Crippen LogP contribution in [-0.4, -0.2) is 16.5 Å². The Morgan fingerprint density at radius 1 is 1.37 bits per heavy atom. The predicted octanol–water partition coefficient (Wildman–Crippen LogP) is 3.12. The fraction of sp³-hybridized carbons (Fsp3) is 0.467. The maximum atomic E-state index is 4.47. The van der Waals surface area contributed by atoms with Gasteiger partial charge in [0.25, 0.3) is 0 Å². The summed E-state index contributed by atoms with van der Waals surface area (Å²) >= 11 is 1.95. The van der Waals surface area contributed by atoms with Gasteiger partial charge in [-0.1, -0.05) is 6.92 Å². The summed E-state index contributed by atoms with van der Waals surface area (Å²) in [5, 5.41) is 3.60. The molecule has 0 aliphatic heterocycles. The van der Waals surface area contributed by atoms with Gasteiger partial charge in [0.2, 0.25) is 0 Å². The molecule has 0 saturated heterocycles. The number of thiophene rings is 1. The molecule has 2 heterocycles. The minimum atomic E-state index is 0.198. The lowest BCUT2D eigenvalue weighted by Crippen LogP contribution is -2.23. The number of nitrogens with one attached hydrogen (secondary N) is 1. The lowest BCUT2D eigenvalue weighted by atomic mass is 10.1. The van der Waals surface area contributed by atoms with E-state index >= 15 is 0 Å². The summed E-state index contributed by atoms with van der Waals surface area (Å²) in [4.78, 5) is 11.6. The molecule has 1 unspecified atom stereocenters. The third kappa shape index (κ3) is 2.69. The molecule has 0 amide bonds. The zero-order chi connectivity index (χ0) is 13.1. The van der Waals surface area contributed by atoms with E-state index in [2.05, 4.69) is 28.3 Å². The van der Waals surface area contributed by atoms with Gasteiger partial charge < -0.3 is 5.32 Å². The van der Waals surface area contributed by atoms with Gasteiger partial charge in [-0.05, 0) is 43.9 Å². The molecule has 4 heteroatoms. The molecule has 3 rings (SSSR count). The van der Waals surface area contributed by atoms with Gasteiger partial charge in [-0.3, -0.25) is 9.97 Å². The zero-order valence-corrected chi connectivity index (χ0v) is 12.0. The Bertz CT molecular complexity index is 514. The van der Waals surface area contributed by atoms with Gasteiger partial charge in [-0.2, -0.15) is 0 Å². The second-order valence-electron chi connectivity index (χ2n) is 4.97. The number of rotatable bonds is 5. The molecular formula is C15H19N3S. The van der Waals surface area contributed by atoms with Crippen molar-refractivity contribution < 1.29 is 0 Å². The fourth-order valence-electron chi connectivity index (χ4n) is 2.59. The van der Waals surface area contributed by atoms with E-state index in [1.165, 1.54) is 24.1 Å². The molecule has 2 aromatic heterocycles. The summed E-state index contributed by atoms with van der Waals surface area (Å²) in [5.41, 5.74) is 2.57. The number of hydrogen-bond acceptors (Lipinski definition) is 4. The number of aryl methyl sites for hydroxylation is 2. The third-order valence-electron chi connectivity index (χ3n) is 3.53. The Labute approximate surface area is 118 Å². The first-order valence-electron chi connectivity index (χ1n) is 6.99. The van der Waals surface area contributed by atoms with Crippen LogP contribution in [-0.2, 0) is 12.8 Å². The second-order valence-corrected chi connectivity index (χ2v) is 6.14. The van der Waals surface area contributed by atoms with Crippen LogP contribution in [0.3, 0.4) is 0 Å². The lowest BCUT2D eigenvalue weighted by Gasteiger charge is -2.16. The van der Waals surface area contributed by atoms with E-state index in [0.717, 1.165) is 18.7 Å². The molecule has 0 fully saturated rings. The summed E-state index contributed by atoms with van der Waals surface area (Å²) < 4.78 is 0. The standard InChI is InChI=1S/C15H19N3S/c1-2-6-18-15(12-10-16-7-8-17-12)14-9-11-4-3-5-13(11)19-14/h7-10,15,18H,2-6H2,1H3. The molecule has 1 N–H and O–H groups in total. The highest BCUT2D eigenvalue weighted by Crippen LogP contribution is 2.35. The highest BCUT2D eigenvalue weighted by atomic mass is 32.1. The summed E-state index contributed by atoms with van der Waals surface area (Å²) in [6.07, 6.45) is 10.3. The molecule has 3 nitrogen and oxygen atoms in total. The molecule has 0 spiro atoms. The second kappa shape index (κ2) is 5.80. The van der Waals surface area contributed by atoms with E-state index in [4.69, 9.17) is 0 Å². The van der Waals surface area contributed by atoms with Gasteiger partial charge in [-0.15, -0.1) is 11.3 Å². The van der Waals surface area contributed by atoms with Crippen molar-refractivity contribution in [3.05, 3.63) is 45.7 Å². The number of nitrogens with zero attached hydrogens (tertiary/aromatic N) is 2. The quantitative estimate of drug-likeness (QED) is 0.909. The van der Waals surface area contributed by atoms with Crippen LogP contribution in [0.5, 0.6) is 0 Å². The molecule has 0 saturated carbocycles. The first-order chi connectivity index (χ1) is 9.38. The van der Waals surface area contributed by atoms with Crippen molar-refractivity contribution in [3.63, 3.8) is 0 Å². The van der Waals surface area contributed by atoms with E-state index in [1.54, 1.807) is 22.8 Å². The van der Waals surface area contributed by atoms with E-state index in [9.17, 15) is 0 Å². The van der Waals surface area contributed by atoms with Crippen LogP contribution in [0.4, 0.5) is 0 Å². The van der Waals surface area contributed by atoms with Crippen molar-refractivity contribution in [3.8, 4) is 0 Å². The Morgan fingerprint density at radius 3 is 3.05 bits per heavy atom. The maximum absolute atomic E-state index is 4.47. The normalized spacial score (nSPS) is 15.4. The molecule has 1 aliphatic rings. The molecule has 1 atom stereocenters. The van der Waals surface area contributed by atoms with Crippen LogP contribution in [0.2, 0.25) is 0 Å². The highest BCUT2D eigenvalue weighted by Gasteiger charge is 2.21. The van der Waals surface area contributed by atoms with E-state index < -0.39 is 0 Å². The number of aromatic nitrogens is 2. The Balaban J connectivity index is 1.89. The maximum Gasteiger partial charge on any atom is 0.0860 e. The van der Waals surface area contributed by atoms with Crippen molar-refractivity contribution >= 4 is 11.3 Å². The highest BCUT2D eigenvalue weighted by molar-refractivity contribution is 7.12. The average Bonchev–Trinajstić information content (AvgIpc) is 3.02. The van der Waals surface area contributed by atoms with Gasteiger partial charge in [0, 0.05) is 22.1 Å². The van der Waals surface area contributed by atoms with Crippen LogP contribution in [0.1, 0.15) is 46.8 Å². The topological polar surface area (TPSA) is 37.8 Å². The van der Waals surface area contributed by atoms with Crippen molar-refractivity contribution in [2.75, 3.05) is 6.54 Å². The van der Waals surface area contributed by atoms with Gasteiger partial charge in [0.1, 0.15) is 0 Å². The first-order valence-corrected chi connectivity index (χ1v) is 7.81. The van der Waals surface area contributed by atoms with Crippen molar-refractivity contribution in [1.82, 2.24) is 15.3 Å². The minimum absolute atomic E-state index is 0.198. The number of hydrogen-bond donors (Lipinski definition) is 1. The fourth-order valence-corrected chi connectivity index (χ4v) is 3.94. The zero-order valence-electron chi connectivity index (χ0n) is 11.2. The van der Waals surface area contributed by atoms with Crippen LogP contribution < -0.4 is 5.32 Å². The monoisotopic (exact) mass is 273 g/mol. The summed E-state index contributed by atoms with van der Waals surface area (Å²) in [7, 11) is 0. The van der Waals surface area contributed by atoms with Crippen LogP contribution in [0.25, 0.3) is 0 Å². The predicted molar refractivity (Wildman–Crippen MR) is 78.5 cm³/mol. The summed E-state index contributed by atoms with van der Waals surface area (Å²) in [5.74, 6) is 0. The van der Waals surface area contributed by atoms with Gasteiger partial charge in [-0.25, -0.2) is 0 Å². The molecule has 0 aromatic carbocycles. The molecule has 100 valence electrons. The van der Waals surface area contributed by atoms with Gasteiger partial charge in [0.15, 0.2) is 0 Å². The molecule has 1 aliphatic carbocycles. The van der Waals surface area contributed by atoms with E-state index in [0.29, 0.717) is 0 Å². The SMILES string of the molecule is CCCNC(c1cnccn1)c1cc2c(s1)CCC2. The van der Waals surface area contributed by atoms with Gasteiger partial charge >= 0.3 is 0 Å². The molecule has 19 heavy (non-hydrogen) atoms. The van der Waals surface area contributed by atoms with Crippen LogP contribution in [0, 0.1) is 0 Å². The Hall–Kier alpha value is -1.26. The summed E-state index contributed by atoms with van der Waals surface area (Å²) in [6, 6.07) is 2.57.